The third-order valence-corrected chi connectivity index (χ3v) is 3.98. The van der Waals surface area contributed by atoms with Gasteiger partial charge >= 0.3 is 0 Å². The summed E-state index contributed by atoms with van der Waals surface area (Å²) in [5.41, 5.74) is 0.781. The number of thioether (sulfide) groups is 1. The van der Waals surface area contributed by atoms with E-state index in [1.807, 2.05) is 6.26 Å². The van der Waals surface area contributed by atoms with Gasteiger partial charge in [0.2, 0.25) is 5.91 Å². The van der Waals surface area contributed by atoms with Crippen molar-refractivity contribution in [3.05, 3.63) is 35.8 Å². The Morgan fingerprint density at radius 2 is 2.18 bits per heavy atom. The van der Waals surface area contributed by atoms with Crippen LogP contribution in [-0.4, -0.2) is 41.9 Å². The number of benzene rings is 1. The lowest BCUT2D eigenvalue weighted by atomic mass is 10.2. The number of amides is 2. The molecule has 0 aliphatic carbocycles. The molecule has 2 amide bonds. The fraction of sp³-hybridized carbons (Fsp3) is 0.333. The number of nitrogens with one attached hydrogen (secondary N) is 3. The van der Waals surface area contributed by atoms with Crippen LogP contribution in [0.15, 0.2) is 24.3 Å². The summed E-state index contributed by atoms with van der Waals surface area (Å²) in [6.07, 6.45) is 2.46. The molecule has 22 heavy (non-hydrogen) atoms. The molecule has 0 bridgehead atoms. The molecule has 118 valence electrons. The molecule has 1 aromatic carbocycles. The largest absolute Gasteiger partial charge is 0.357 e. The number of aromatic nitrogens is 1. The molecule has 1 heterocycles. The summed E-state index contributed by atoms with van der Waals surface area (Å²) in [6.45, 7) is 0. The molecule has 5 nitrogen and oxygen atoms in total. The molecule has 0 aliphatic rings. The van der Waals surface area contributed by atoms with Crippen molar-refractivity contribution in [1.82, 2.24) is 15.6 Å². The van der Waals surface area contributed by atoms with Crippen molar-refractivity contribution < 1.29 is 14.0 Å². The number of aromatic amines is 1. The second-order valence-corrected chi connectivity index (χ2v) is 5.79. The van der Waals surface area contributed by atoms with Crippen molar-refractivity contribution in [2.45, 2.75) is 12.5 Å². The zero-order chi connectivity index (χ0) is 16.1. The summed E-state index contributed by atoms with van der Waals surface area (Å²) >= 11 is 1.60. The van der Waals surface area contributed by atoms with Crippen LogP contribution < -0.4 is 10.6 Å². The van der Waals surface area contributed by atoms with Gasteiger partial charge in [-0.05, 0) is 36.6 Å². The number of hydrogen-bond donors (Lipinski definition) is 3. The third kappa shape index (κ3) is 3.59. The number of carbonyl (C=O) groups excluding carboxylic acids is 2. The molecule has 1 aromatic heterocycles. The van der Waals surface area contributed by atoms with Gasteiger partial charge in [0.25, 0.3) is 5.91 Å². The van der Waals surface area contributed by atoms with Crippen molar-refractivity contribution in [2.24, 2.45) is 0 Å². The number of rotatable bonds is 6. The molecule has 3 N–H and O–H groups in total. The predicted molar refractivity (Wildman–Crippen MR) is 86.6 cm³/mol. The monoisotopic (exact) mass is 323 g/mol. The number of hydrogen-bond acceptors (Lipinski definition) is 3. The molecule has 2 rings (SSSR count). The summed E-state index contributed by atoms with van der Waals surface area (Å²) < 4.78 is 13.7. The predicted octanol–water partition coefficient (Wildman–Crippen LogP) is 1.90. The van der Waals surface area contributed by atoms with E-state index in [1.165, 1.54) is 19.2 Å². The lowest BCUT2D eigenvalue weighted by Gasteiger charge is -2.16. The Kier molecular flexibility index (Phi) is 5.43. The maximum absolute atomic E-state index is 13.7. The first-order valence-corrected chi connectivity index (χ1v) is 8.24. The van der Waals surface area contributed by atoms with Crippen LogP contribution in [0.3, 0.4) is 0 Å². The highest BCUT2D eigenvalue weighted by atomic mass is 32.2. The molecule has 0 fully saturated rings. The summed E-state index contributed by atoms with van der Waals surface area (Å²) in [4.78, 5) is 26.9. The highest BCUT2D eigenvalue weighted by molar-refractivity contribution is 7.98. The maximum Gasteiger partial charge on any atom is 0.268 e. The van der Waals surface area contributed by atoms with Crippen LogP contribution in [0.25, 0.3) is 10.9 Å². The maximum atomic E-state index is 13.7. The van der Waals surface area contributed by atoms with E-state index in [9.17, 15) is 14.0 Å². The van der Waals surface area contributed by atoms with Crippen LogP contribution in [0.2, 0.25) is 0 Å². The summed E-state index contributed by atoms with van der Waals surface area (Å²) in [5.74, 6) is -0.312. The van der Waals surface area contributed by atoms with Crippen LogP contribution in [0, 0.1) is 5.82 Å². The lowest BCUT2D eigenvalue weighted by Crippen LogP contribution is -2.46. The van der Waals surface area contributed by atoms with Gasteiger partial charge in [0.05, 0.1) is 0 Å². The standard InChI is InChI=1S/C15H18FN3O2S/c1-17-14(20)12(6-7-22-2)19-15(21)13-8-9-10(16)4-3-5-11(9)18-13/h3-5,8,12,18H,6-7H2,1-2H3,(H,17,20)(H,19,21)/t12-/m0/s1. The van der Waals surface area contributed by atoms with Crippen molar-refractivity contribution in [3.63, 3.8) is 0 Å². The highest BCUT2D eigenvalue weighted by Crippen LogP contribution is 2.18. The molecule has 0 saturated heterocycles. The molecule has 0 saturated carbocycles. The van der Waals surface area contributed by atoms with Crippen molar-refractivity contribution >= 4 is 34.5 Å². The van der Waals surface area contributed by atoms with Gasteiger partial charge in [0.15, 0.2) is 0 Å². The van der Waals surface area contributed by atoms with Gasteiger partial charge in [-0.25, -0.2) is 4.39 Å². The zero-order valence-corrected chi connectivity index (χ0v) is 13.2. The van der Waals surface area contributed by atoms with E-state index >= 15 is 0 Å². The van der Waals surface area contributed by atoms with Crippen LogP contribution >= 0.6 is 11.8 Å². The first-order valence-electron chi connectivity index (χ1n) is 6.85. The Morgan fingerprint density at radius 1 is 1.41 bits per heavy atom. The van der Waals surface area contributed by atoms with Crippen molar-refractivity contribution in [2.75, 3.05) is 19.1 Å². The first-order chi connectivity index (χ1) is 10.6. The van der Waals surface area contributed by atoms with Gasteiger partial charge in [0.1, 0.15) is 17.6 Å². The summed E-state index contributed by atoms with van der Waals surface area (Å²) in [5, 5.41) is 5.57. The van der Waals surface area contributed by atoms with E-state index in [4.69, 9.17) is 0 Å². The first kappa shape index (κ1) is 16.4. The van der Waals surface area contributed by atoms with E-state index in [-0.39, 0.29) is 11.6 Å². The molecule has 0 spiro atoms. The summed E-state index contributed by atoms with van der Waals surface area (Å²) in [7, 11) is 1.53. The molecule has 0 radical (unpaired) electrons. The zero-order valence-electron chi connectivity index (χ0n) is 12.4. The Morgan fingerprint density at radius 3 is 2.82 bits per heavy atom. The van der Waals surface area contributed by atoms with Gasteiger partial charge < -0.3 is 15.6 Å². The molecular formula is C15H18FN3O2S. The van der Waals surface area contributed by atoms with Crippen LogP contribution in [0.1, 0.15) is 16.9 Å². The third-order valence-electron chi connectivity index (χ3n) is 3.33. The number of fused-ring (bicyclic) bond motifs is 1. The number of likely N-dealkylation sites (N-methyl/N-ethyl adjacent to an activating group) is 1. The van der Waals surface area contributed by atoms with Crippen molar-refractivity contribution in [1.29, 1.82) is 0 Å². The average Bonchev–Trinajstić information content (AvgIpc) is 2.96. The molecule has 1 atom stereocenters. The highest BCUT2D eigenvalue weighted by Gasteiger charge is 2.21. The fourth-order valence-electron chi connectivity index (χ4n) is 2.16. The van der Waals surface area contributed by atoms with Crippen LogP contribution in [-0.2, 0) is 4.79 Å². The van der Waals surface area contributed by atoms with Gasteiger partial charge in [-0.1, -0.05) is 6.07 Å². The SMILES string of the molecule is CNC(=O)[C@H](CCSC)NC(=O)c1cc2c(F)cccc2[nH]1. The topological polar surface area (TPSA) is 74.0 Å². The van der Waals surface area contributed by atoms with Gasteiger partial charge in [-0.15, -0.1) is 0 Å². The second kappa shape index (κ2) is 7.31. The minimum atomic E-state index is -0.610. The quantitative estimate of drug-likeness (QED) is 0.760. The second-order valence-electron chi connectivity index (χ2n) is 4.81. The normalized spacial score (nSPS) is 12.1. The Bertz CT molecular complexity index is 686. The van der Waals surface area contributed by atoms with Crippen LogP contribution in [0.4, 0.5) is 4.39 Å². The minimum Gasteiger partial charge on any atom is -0.357 e. The van der Waals surface area contributed by atoms with Crippen LogP contribution in [0.5, 0.6) is 0 Å². The van der Waals surface area contributed by atoms with Crippen molar-refractivity contribution in [3.8, 4) is 0 Å². The molecule has 0 unspecified atom stereocenters. The number of halogens is 1. The van der Waals surface area contributed by atoms with E-state index in [0.717, 1.165) is 5.75 Å². The average molecular weight is 323 g/mol. The fourth-order valence-corrected chi connectivity index (χ4v) is 2.63. The van der Waals surface area contributed by atoms with E-state index < -0.39 is 17.8 Å². The lowest BCUT2D eigenvalue weighted by molar-refractivity contribution is -0.122. The number of carbonyl (C=O) groups is 2. The van der Waals surface area contributed by atoms with E-state index in [2.05, 4.69) is 15.6 Å². The van der Waals surface area contributed by atoms with Gasteiger partial charge in [0, 0.05) is 18.0 Å². The molecule has 0 aliphatic heterocycles. The molecule has 2 aromatic rings. The Hall–Kier alpha value is -2.02. The minimum absolute atomic E-state index is 0.234. The van der Waals surface area contributed by atoms with Gasteiger partial charge in [-0.3, -0.25) is 9.59 Å². The van der Waals surface area contributed by atoms with E-state index in [1.54, 1.807) is 23.9 Å². The number of H-pyrrole nitrogens is 1. The Balaban J connectivity index is 2.17. The Labute approximate surface area is 132 Å². The molecule has 7 heteroatoms. The smallest absolute Gasteiger partial charge is 0.268 e. The van der Waals surface area contributed by atoms with Gasteiger partial charge in [-0.2, -0.15) is 11.8 Å². The summed E-state index contributed by atoms with van der Waals surface area (Å²) in [6, 6.07) is 5.45. The van der Waals surface area contributed by atoms with E-state index in [0.29, 0.717) is 17.3 Å². The molecular weight excluding hydrogens is 305 g/mol.